The average molecular weight is 526 g/mol. The topological polar surface area (TPSA) is 108 Å². The molecule has 0 aliphatic carbocycles. The second-order valence-electron chi connectivity index (χ2n) is 9.05. The number of alkyl halides is 3. The van der Waals surface area contributed by atoms with Crippen molar-refractivity contribution < 1.29 is 17.6 Å². The van der Waals surface area contributed by atoms with E-state index in [-0.39, 0.29) is 6.04 Å². The third kappa shape index (κ3) is 4.28. The first-order valence-electron chi connectivity index (χ1n) is 12.1. The molecular weight excluding hydrogens is 502 g/mol. The zero-order chi connectivity index (χ0) is 26.4. The van der Waals surface area contributed by atoms with Crippen LogP contribution in [0.3, 0.4) is 0 Å². The Morgan fingerprint density at radius 3 is 2.63 bits per heavy atom. The summed E-state index contributed by atoms with van der Waals surface area (Å²) < 4.78 is 56.2. The molecule has 1 saturated heterocycles. The monoisotopic (exact) mass is 525 g/mol. The summed E-state index contributed by atoms with van der Waals surface area (Å²) in [4.78, 5) is 16.5. The highest BCUT2D eigenvalue weighted by Crippen LogP contribution is 2.39. The number of H-pyrrole nitrogens is 1. The number of halogens is 4. The predicted molar refractivity (Wildman–Crippen MR) is 136 cm³/mol. The number of pyridine rings is 1. The van der Waals surface area contributed by atoms with Crippen LogP contribution in [-0.2, 0) is 6.18 Å². The van der Waals surface area contributed by atoms with Crippen LogP contribution in [0.25, 0.3) is 38.8 Å². The van der Waals surface area contributed by atoms with E-state index in [1.54, 1.807) is 12.4 Å². The summed E-state index contributed by atoms with van der Waals surface area (Å²) in [6.07, 6.45) is 2.23. The Kier molecular flexibility index (Phi) is 5.86. The molecule has 1 unspecified atom stereocenters. The first kappa shape index (κ1) is 24.1. The van der Waals surface area contributed by atoms with Crippen molar-refractivity contribution in [1.29, 1.82) is 0 Å². The Labute approximate surface area is 213 Å². The summed E-state index contributed by atoms with van der Waals surface area (Å²) in [5, 5.41) is 14.3. The SMILES string of the molecule is CCNc1cc(F)cc2c1[nH]c1ncc(-c3cnc(NC4CCNC4)nc3)c(-n3ccc(C(F)(F)F)n3)c12. The number of aromatic amines is 1. The van der Waals surface area contributed by atoms with E-state index in [1.165, 1.54) is 24.5 Å². The molecule has 4 aromatic heterocycles. The van der Waals surface area contributed by atoms with Crippen LogP contribution in [0, 0.1) is 5.82 Å². The van der Waals surface area contributed by atoms with Crippen LogP contribution in [0.2, 0.25) is 0 Å². The largest absolute Gasteiger partial charge is 0.435 e. The molecule has 0 amide bonds. The standard InChI is InChI=1S/C25H23F4N9/c1-2-31-18-8-14(26)7-16-20-22(38-6-4-19(37-38)25(27,28)29)17(12-32-23(20)36-21(16)18)13-9-33-24(34-10-13)35-15-3-5-30-11-15/h4,6-10,12,15,30-31H,2-3,5,11H2,1H3,(H,32,36)(H,33,34,35). The molecule has 1 aliphatic rings. The highest BCUT2D eigenvalue weighted by Gasteiger charge is 2.34. The van der Waals surface area contributed by atoms with E-state index in [2.05, 4.69) is 41.0 Å². The minimum Gasteiger partial charge on any atom is -0.384 e. The molecule has 1 aliphatic heterocycles. The van der Waals surface area contributed by atoms with E-state index in [0.717, 1.165) is 30.3 Å². The molecule has 6 rings (SSSR count). The quantitative estimate of drug-likeness (QED) is 0.238. The van der Waals surface area contributed by atoms with Gasteiger partial charge in [-0.1, -0.05) is 0 Å². The Balaban J connectivity index is 1.56. The van der Waals surface area contributed by atoms with Gasteiger partial charge in [0.2, 0.25) is 5.95 Å². The van der Waals surface area contributed by atoms with Gasteiger partial charge in [0.15, 0.2) is 5.69 Å². The molecule has 5 heterocycles. The molecule has 1 aromatic carbocycles. The molecule has 0 spiro atoms. The van der Waals surface area contributed by atoms with Crippen molar-refractivity contribution >= 4 is 33.6 Å². The number of benzene rings is 1. The summed E-state index contributed by atoms with van der Waals surface area (Å²) >= 11 is 0. The van der Waals surface area contributed by atoms with E-state index < -0.39 is 17.7 Å². The van der Waals surface area contributed by atoms with Gasteiger partial charge in [0.05, 0.1) is 22.3 Å². The maximum atomic E-state index is 14.7. The van der Waals surface area contributed by atoms with Gasteiger partial charge in [0.1, 0.15) is 11.5 Å². The maximum Gasteiger partial charge on any atom is 0.435 e. The van der Waals surface area contributed by atoms with Gasteiger partial charge in [-0.25, -0.2) is 24.0 Å². The summed E-state index contributed by atoms with van der Waals surface area (Å²) in [6.45, 7) is 4.14. The number of rotatable bonds is 6. The molecule has 0 radical (unpaired) electrons. The smallest absolute Gasteiger partial charge is 0.384 e. The fourth-order valence-electron chi connectivity index (χ4n) is 4.79. The minimum absolute atomic E-state index is 0.214. The van der Waals surface area contributed by atoms with E-state index in [9.17, 15) is 17.6 Å². The van der Waals surface area contributed by atoms with E-state index >= 15 is 0 Å². The number of hydrogen-bond acceptors (Lipinski definition) is 7. The van der Waals surface area contributed by atoms with Crippen LogP contribution in [0.15, 0.2) is 43.0 Å². The average Bonchev–Trinajstić information content (AvgIpc) is 3.64. The molecule has 0 saturated carbocycles. The van der Waals surface area contributed by atoms with Crippen LogP contribution in [0.4, 0.5) is 29.2 Å². The molecule has 0 bridgehead atoms. The molecule has 13 heteroatoms. The van der Waals surface area contributed by atoms with Gasteiger partial charge in [-0.3, -0.25) is 0 Å². The number of hydrogen-bond donors (Lipinski definition) is 4. The first-order chi connectivity index (χ1) is 18.3. The van der Waals surface area contributed by atoms with Crippen LogP contribution in [0.5, 0.6) is 0 Å². The second kappa shape index (κ2) is 9.24. The lowest BCUT2D eigenvalue weighted by atomic mass is 10.0. The molecule has 1 atom stereocenters. The van der Waals surface area contributed by atoms with E-state index in [1.807, 2.05) is 6.92 Å². The van der Waals surface area contributed by atoms with Crippen molar-refractivity contribution in [1.82, 2.24) is 35.0 Å². The Morgan fingerprint density at radius 2 is 1.95 bits per heavy atom. The van der Waals surface area contributed by atoms with Crippen LogP contribution < -0.4 is 16.0 Å². The zero-order valence-corrected chi connectivity index (χ0v) is 20.2. The number of aromatic nitrogens is 6. The lowest BCUT2D eigenvalue weighted by Gasteiger charge is -2.13. The highest BCUT2D eigenvalue weighted by molar-refractivity contribution is 6.15. The van der Waals surface area contributed by atoms with Gasteiger partial charge in [0.25, 0.3) is 0 Å². The second-order valence-corrected chi connectivity index (χ2v) is 9.05. The molecule has 38 heavy (non-hydrogen) atoms. The van der Waals surface area contributed by atoms with Crippen molar-refractivity contribution in [2.45, 2.75) is 25.6 Å². The van der Waals surface area contributed by atoms with E-state index in [0.29, 0.717) is 56.9 Å². The van der Waals surface area contributed by atoms with Crippen molar-refractivity contribution in [3.8, 4) is 16.8 Å². The van der Waals surface area contributed by atoms with Crippen LogP contribution in [-0.4, -0.2) is 55.4 Å². The number of nitrogens with zero attached hydrogens (tertiary/aromatic N) is 5. The maximum absolute atomic E-state index is 14.7. The number of nitrogens with one attached hydrogen (secondary N) is 4. The normalized spacial score (nSPS) is 16.0. The number of fused-ring (bicyclic) bond motifs is 3. The molecular formula is C25H23F4N9. The van der Waals surface area contributed by atoms with Crippen LogP contribution >= 0.6 is 0 Å². The van der Waals surface area contributed by atoms with Gasteiger partial charge in [-0.15, -0.1) is 0 Å². The van der Waals surface area contributed by atoms with E-state index in [4.69, 9.17) is 0 Å². The predicted octanol–water partition coefficient (Wildman–Crippen LogP) is 4.72. The molecule has 5 aromatic rings. The molecule has 9 nitrogen and oxygen atoms in total. The zero-order valence-electron chi connectivity index (χ0n) is 20.2. The lowest BCUT2D eigenvalue weighted by molar-refractivity contribution is -0.141. The summed E-state index contributed by atoms with van der Waals surface area (Å²) in [5.41, 5.74) is 1.69. The van der Waals surface area contributed by atoms with Gasteiger partial charge in [-0.2, -0.15) is 18.3 Å². The van der Waals surface area contributed by atoms with Crippen molar-refractivity contribution in [2.24, 2.45) is 0 Å². The molecule has 196 valence electrons. The Bertz CT molecular complexity index is 1620. The van der Waals surface area contributed by atoms with Crippen molar-refractivity contribution in [2.75, 3.05) is 30.3 Å². The summed E-state index contributed by atoms with van der Waals surface area (Å²) in [5.74, 6) is -0.0526. The minimum atomic E-state index is -4.63. The van der Waals surface area contributed by atoms with Gasteiger partial charge in [-0.05, 0) is 38.1 Å². The summed E-state index contributed by atoms with van der Waals surface area (Å²) in [7, 11) is 0. The highest BCUT2D eigenvalue weighted by atomic mass is 19.4. The summed E-state index contributed by atoms with van der Waals surface area (Å²) in [6, 6.07) is 3.80. The van der Waals surface area contributed by atoms with Gasteiger partial charge >= 0.3 is 6.18 Å². The van der Waals surface area contributed by atoms with Crippen molar-refractivity contribution in [3.05, 3.63) is 54.5 Å². The third-order valence-electron chi connectivity index (χ3n) is 6.50. The molecule has 1 fully saturated rings. The number of anilines is 2. The Morgan fingerprint density at radius 1 is 1.13 bits per heavy atom. The Hall–Kier alpha value is -4.26. The third-order valence-corrected chi connectivity index (χ3v) is 6.50. The van der Waals surface area contributed by atoms with Gasteiger partial charge < -0.3 is 20.9 Å². The first-order valence-corrected chi connectivity index (χ1v) is 12.1. The van der Waals surface area contributed by atoms with Crippen molar-refractivity contribution in [3.63, 3.8) is 0 Å². The lowest BCUT2D eigenvalue weighted by Crippen LogP contribution is -2.23. The molecule has 4 N–H and O–H groups in total. The fraction of sp³-hybridized carbons (Fsp3) is 0.280. The fourth-order valence-corrected chi connectivity index (χ4v) is 4.79. The van der Waals surface area contributed by atoms with Crippen LogP contribution in [0.1, 0.15) is 19.0 Å². The van der Waals surface area contributed by atoms with Gasteiger partial charge in [0, 0.05) is 60.4 Å².